The minimum absolute atomic E-state index is 0.0432. The van der Waals surface area contributed by atoms with Crippen molar-refractivity contribution in [3.05, 3.63) is 11.9 Å². The topological polar surface area (TPSA) is 78.3 Å². The molecule has 2 saturated heterocycles. The van der Waals surface area contributed by atoms with Crippen molar-refractivity contribution < 1.29 is 14.3 Å². The van der Waals surface area contributed by atoms with Crippen LogP contribution < -0.4 is 5.32 Å². The van der Waals surface area contributed by atoms with Gasteiger partial charge in [0.15, 0.2) is 0 Å². The van der Waals surface area contributed by atoms with E-state index in [2.05, 4.69) is 21.8 Å². The molecule has 2 aliphatic heterocycles. The average molecular weight is 405 g/mol. The van der Waals surface area contributed by atoms with Gasteiger partial charge in [-0.1, -0.05) is 57.6 Å². The highest BCUT2D eigenvalue weighted by atomic mass is 16.6. The van der Waals surface area contributed by atoms with Gasteiger partial charge in [-0.15, -0.1) is 5.10 Å². The van der Waals surface area contributed by atoms with E-state index >= 15 is 0 Å². The minimum atomic E-state index is -0.0787. The Hall–Kier alpha value is -1.47. The van der Waals surface area contributed by atoms with Crippen molar-refractivity contribution in [3.8, 4) is 0 Å². The zero-order valence-electron chi connectivity index (χ0n) is 17.9. The molecule has 4 unspecified atom stereocenters. The number of rotatable bonds is 5. The molecule has 1 aromatic heterocycles. The number of carbonyl (C=O) groups is 1. The van der Waals surface area contributed by atoms with Crippen molar-refractivity contribution in [2.75, 3.05) is 13.2 Å². The molecule has 0 aromatic carbocycles. The molecule has 0 radical (unpaired) electrons. The van der Waals surface area contributed by atoms with E-state index in [4.69, 9.17) is 9.47 Å². The van der Waals surface area contributed by atoms with Gasteiger partial charge in [-0.3, -0.25) is 4.79 Å². The van der Waals surface area contributed by atoms with E-state index in [-0.39, 0.29) is 36.1 Å². The number of nitrogens with one attached hydrogen (secondary N) is 1. The van der Waals surface area contributed by atoms with Gasteiger partial charge in [0, 0.05) is 12.1 Å². The Bertz CT molecular complexity index is 669. The summed E-state index contributed by atoms with van der Waals surface area (Å²) in [5.41, 5.74) is 1.08. The van der Waals surface area contributed by atoms with Crippen molar-refractivity contribution in [2.45, 2.75) is 95.9 Å². The predicted molar refractivity (Wildman–Crippen MR) is 109 cm³/mol. The number of fused-ring (bicyclic) bond motifs is 1. The Morgan fingerprint density at radius 1 is 1.07 bits per heavy atom. The van der Waals surface area contributed by atoms with Crippen molar-refractivity contribution >= 4 is 5.91 Å². The van der Waals surface area contributed by atoms with E-state index in [0.717, 1.165) is 30.9 Å². The van der Waals surface area contributed by atoms with Crippen LogP contribution in [-0.4, -0.2) is 52.4 Å². The Morgan fingerprint density at radius 2 is 1.83 bits per heavy atom. The summed E-state index contributed by atoms with van der Waals surface area (Å²) in [6.45, 7) is 5.09. The maximum Gasteiger partial charge on any atom is 0.223 e. The largest absolute Gasteiger partial charge is 0.371 e. The van der Waals surface area contributed by atoms with Gasteiger partial charge in [0.25, 0.3) is 0 Å². The molecular weight excluding hydrogens is 368 g/mol. The van der Waals surface area contributed by atoms with Crippen molar-refractivity contribution in [1.82, 2.24) is 20.3 Å². The second-order valence-corrected chi connectivity index (χ2v) is 8.80. The molecule has 162 valence electrons. The minimum Gasteiger partial charge on any atom is -0.371 e. The first-order valence-corrected chi connectivity index (χ1v) is 11.7. The summed E-state index contributed by atoms with van der Waals surface area (Å²) < 4.78 is 14.0. The van der Waals surface area contributed by atoms with Crippen molar-refractivity contribution in [1.29, 1.82) is 0 Å². The van der Waals surface area contributed by atoms with E-state index in [0.29, 0.717) is 13.2 Å². The molecule has 2 aliphatic carbocycles. The standard InChI is InChI=1S/C20H30N4O3.C2H6/c25-20(14-7-4-8-14)21-16-11-26-19-17(12-27-18(16)19)24-10-15(22-23-24)9-13-5-2-1-3-6-13;1-2/h10,13-14,16-19H,1-9,11-12H2,(H,21,25);1-2H3. The molecule has 4 aliphatic rings. The lowest BCUT2D eigenvalue weighted by atomic mass is 9.84. The highest BCUT2D eigenvalue weighted by Crippen LogP contribution is 2.35. The summed E-state index contributed by atoms with van der Waals surface area (Å²) in [6, 6.07) is 0.00606. The molecule has 4 fully saturated rings. The first kappa shape index (κ1) is 20.8. The molecule has 1 amide bonds. The van der Waals surface area contributed by atoms with Gasteiger partial charge >= 0.3 is 0 Å². The van der Waals surface area contributed by atoms with Gasteiger partial charge in [0.1, 0.15) is 18.2 Å². The van der Waals surface area contributed by atoms with E-state index < -0.39 is 0 Å². The Balaban J connectivity index is 0.000000994. The van der Waals surface area contributed by atoms with Crippen LogP contribution in [-0.2, 0) is 20.7 Å². The van der Waals surface area contributed by atoms with Crippen LogP contribution in [0.15, 0.2) is 6.20 Å². The second-order valence-electron chi connectivity index (χ2n) is 8.80. The fourth-order valence-electron chi connectivity index (χ4n) is 5.06. The van der Waals surface area contributed by atoms with E-state index in [1.165, 1.54) is 38.5 Å². The molecule has 1 N–H and O–H groups in total. The Labute approximate surface area is 173 Å². The molecule has 7 nitrogen and oxygen atoms in total. The fourth-order valence-corrected chi connectivity index (χ4v) is 5.06. The number of hydrogen-bond donors (Lipinski definition) is 1. The smallest absolute Gasteiger partial charge is 0.223 e. The highest BCUT2D eigenvalue weighted by molar-refractivity contribution is 5.79. The van der Waals surface area contributed by atoms with Crippen LogP contribution >= 0.6 is 0 Å². The third kappa shape index (κ3) is 4.50. The lowest BCUT2D eigenvalue weighted by molar-refractivity contribution is -0.128. The lowest BCUT2D eigenvalue weighted by Gasteiger charge is -2.27. The maximum atomic E-state index is 12.3. The number of hydrogen-bond acceptors (Lipinski definition) is 5. The van der Waals surface area contributed by atoms with Gasteiger partial charge in [0.2, 0.25) is 5.91 Å². The van der Waals surface area contributed by atoms with Gasteiger partial charge in [-0.05, 0) is 25.2 Å². The number of nitrogens with zero attached hydrogens (tertiary/aromatic N) is 3. The van der Waals surface area contributed by atoms with Crippen LogP contribution in [0.3, 0.4) is 0 Å². The molecule has 0 bridgehead atoms. The molecule has 7 heteroatoms. The highest BCUT2D eigenvalue weighted by Gasteiger charge is 2.49. The van der Waals surface area contributed by atoms with Gasteiger partial charge in [-0.25, -0.2) is 4.68 Å². The monoisotopic (exact) mass is 404 g/mol. The van der Waals surface area contributed by atoms with Gasteiger partial charge in [-0.2, -0.15) is 0 Å². The fraction of sp³-hybridized carbons (Fsp3) is 0.864. The molecule has 2 saturated carbocycles. The quantitative estimate of drug-likeness (QED) is 0.816. The average Bonchev–Trinajstić information content (AvgIpc) is 3.41. The predicted octanol–water partition coefficient (Wildman–Crippen LogP) is 3.05. The van der Waals surface area contributed by atoms with Crippen LogP contribution in [0.5, 0.6) is 0 Å². The van der Waals surface area contributed by atoms with Crippen LogP contribution in [0.2, 0.25) is 0 Å². The molecule has 0 spiro atoms. The summed E-state index contributed by atoms with van der Waals surface area (Å²) in [6.07, 6.45) is 12.9. The number of ether oxygens (including phenoxy) is 2. The summed E-state index contributed by atoms with van der Waals surface area (Å²) >= 11 is 0. The number of amides is 1. The molecule has 29 heavy (non-hydrogen) atoms. The summed E-state index contributed by atoms with van der Waals surface area (Å²) in [5.74, 6) is 1.11. The Morgan fingerprint density at radius 3 is 2.55 bits per heavy atom. The van der Waals surface area contributed by atoms with Crippen LogP contribution in [0.4, 0.5) is 0 Å². The molecule has 4 atom stereocenters. The van der Waals surface area contributed by atoms with E-state index in [1.54, 1.807) is 0 Å². The van der Waals surface area contributed by atoms with E-state index in [9.17, 15) is 4.79 Å². The first-order valence-electron chi connectivity index (χ1n) is 11.7. The molecule has 5 rings (SSSR count). The zero-order chi connectivity index (χ0) is 20.2. The number of carbonyl (C=O) groups excluding carboxylic acids is 1. The molecule has 3 heterocycles. The van der Waals surface area contributed by atoms with Crippen LogP contribution in [0, 0.1) is 11.8 Å². The van der Waals surface area contributed by atoms with E-state index in [1.807, 2.05) is 18.5 Å². The van der Waals surface area contributed by atoms with Crippen LogP contribution in [0.25, 0.3) is 0 Å². The second kappa shape index (κ2) is 9.56. The molecular formula is C22H36N4O3. The van der Waals surface area contributed by atoms with Gasteiger partial charge in [0.05, 0.1) is 24.9 Å². The summed E-state index contributed by atoms with van der Waals surface area (Å²) in [7, 11) is 0. The normalized spacial score (nSPS) is 32.2. The van der Waals surface area contributed by atoms with Gasteiger partial charge < -0.3 is 14.8 Å². The third-order valence-electron chi connectivity index (χ3n) is 6.95. The van der Waals surface area contributed by atoms with Crippen molar-refractivity contribution in [3.63, 3.8) is 0 Å². The summed E-state index contributed by atoms with van der Waals surface area (Å²) in [5, 5.41) is 11.9. The molecule has 1 aromatic rings. The number of aromatic nitrogens is 3. The summed E-state index contributed by atoms with van der Waals surface area (Å²) in [4.78, 5) is 12.3. The zero-order valence-corrected chi connectivity index (χ0v) is 17.9. The Kier molecular flexibility index (Phi) is 6.85. The lowest BCUT2D eigenvalue weighted by Crippen LogP contribution is -2.47. The van der Waals surface area contributed by atoms with Crippen LogP contribution in [0.1, 0.15) is 76.9 Å². The first-order chi connectivity index (χ1) is 14.3. The maximum absolute atomic E-state index is 12.3. The third-order valence-corrected chi connectivity index (χ3v) is 6.95. The van der Waals surface area contributed by atoms with Crippen molar-refractivity contribution in [2.24, 2.45) is 11.8 Å². The SMILES string of the molecule is CC.O=C(NC1COC2C1OCC2n1cc(CC2CCCCC2)nn1)C1CCC1.